The van der Waals surface area contributed by atoms with E-state index in [1.54, 1.807) is 12.0 Å². The van der Waals surface area contributed by atoms with Crippen molar-refractivity contribution in [3.8, 4) is 5.75 Å². The summed E-state index contributed by atoms with van der Waals surface area (Å²) in [5, 5.41) is 4.01. The number of fused-ring (bicyclic) bond motifs is 3. The van der Waals surface area contributed by atoms with Gasteiger partial charge in [-0.25, -0.2) is 0 Å². The number of halogens is 1. The lowest BCUT2D eigenvalue weighted by Gasteiger charge is -2.44. The maximum absolute atomic E-state index is 13.9. The zero-order valence-electron chi connectivity index (χ0n) is 19.3. The van der Waals surface area contributed by atoms with Gasteiger partial charge >= 0.3 is 0 Å². The van der Waals surface area contributed by atoms with Crippen LogP contribution in [0.3, 0.4) is 0 Å². The molecule has 7 nitrogen and oxygen atoms in total. The zero-order chi connectivity index (χ0) is 23.9. The van der Waals surface area contributed by atoms with Gasteiger partial charge in [-0.3, -0.25) is 9.59 Å². The summed E-state index contributed by atoms with van der Waals surface area (Å²) >= 11 is 3.59. The topological polar surface area (TPSA) is 72.8 Å². The van der Waals surface area contributed by atoms with Crippen molar-refractivity contribution in [2.45, 2.75) is 44.5 Å². The van der Waals surface area contributed by atoms with Crippen LogP contribution in [-0.4, -0.2) is 53.2 Å². The minimum absolute atomic E-state index is 0.0239. The Morgan fingerprint density at radius 3 is 2.82 bits per heavy atom. The predicted octanol–water partition coefficient (Wildman–Crippen LogP) is 4.12. The van der Waals surface area contributed by atoms with E-state index < -0.39 is 5.54 Å². The summed E-state index contributed by atoms with van der Waals surface area (Å²) in [7, 11) is 1.62. The molecule has 2 amide bonds. The first-order chi connectivity index (χ1) is 16.4. The lowest BCUT2D eigenvalue weighted by atomic mass is 9.93. The van der Waals surface area contributed by atoms with Crippen LogP contribution in [-0.2, 0) is 22.6 Å². The summed E-state index contributed by atoms with van der Waals surface area (Å²) in [5.41, 5.74) is 1.30. The molecule has 0 bridgehead atoms. The molecule has 0 saturated carbocycles. The third-order valence-electron chi connectivity index (χ3n) is 6.93. The number of aromatic nitrogens is 1. The van der Waals surface area contributed by atoms with E-state index in [2.05, 4.69) is 21.2 Å². The molecule has 2 aromatic carbocycles. The van der Waals surface area contributed by atoms with Crippen molar-refractivity contribution in [2.75, 3.05) is 20.3 Å². The highest BCUT2D eigenvalue weighted by molar-refractivity contribution is 9.10. The van der Waals surface area contributed by atoms with Crippen LogP contribution in [0.25, 0.3) is 10.9 Å². The average molecular weight is 526 g/mol. The van der Waals surface area contributed by atoms with Gasteiger partial charge in [-0.1, -0.05) is 34.1 Å². The lowest BCUT2D eigenvalue weighted by Crippen LogP contribution is -2.64. The molecular formula is C26H28BrN3O4. The van der Waals surface area contributed by atoms with Gasteiger partial charge in [-0.15, -0.1) is 0 Å². The van der Waals surface area contributed by atoms with Crippen LogP contribution in [0.2, 0.25) is 0 Å². The fourth-order valence-electron chi connectivity index (χ4n) is 4.90. The van der Waals surface area contributed by atoms with Gasteiger partial charge in [0.15, 0.2) is 0 Å². The number of rotatable bonds is 6. The van der Waals surface area contributed by atoms with Gasteiger partial charge in [0.2, 0.25) is 5.91 Å². The highest BCUT2D eigenvalue weighted by atomic mass is 79.9. The molecule has 2 aliphatic heterocycles. The second kappa shape index (κ2) is 9.07. The Morgan fingerprint density at radius 2 is 2.09 bits per heavy atom. The molecule has 2 atom stereocenters. The van der Waals surface area contributed by atoms with Crippen LogP contribution in [0.1, 0.15) is 35.8 Å². The van der Waals surface area contributed by atoms with E-state index in [0.717, 1.165) is 40.4 Å². The maximum Gasteiger partial charge on any atom is 0.271 e. The van der Waals surface area contributed by atoms with Crippen molar-refractivity contribution in [3.05, 3.63) is 64.3 Å². The Balaban J connectivity index is 1.55. The largest absolute Gasteiger partial charge is 0.497 e. The third-order valence-corrected chi connectivity index (χ3v) is 7.70. The van der Waals surface area contributed by atoms with E-state index in [9.17, 15) is 9.59 Å². The predicted molar refractivity (Wildman–Crippen MR) is 133 cm³/mol. The number of methoxy groups -OCH3 is 1. The van der Waals surface area contributed by atoms with E-state index in [-0.39, 0.29) is 17.9 Å². The quantitative estimate of drug-likeness (QED) is 0.525. The summed E-state index contributed by atoms with van der Waals surface area (Å²) < 4.78 is 14.0. The summed E-state index contributed by atoms with van der Waals surface area (Å²) in [6.45, 7) is 3.67. The molecule has 1 saturated heterocycles. The molecule has 5 rings (SSSR count). The van der Waals surface area contributed by atoms with Crippen LogP contribution in [0.5, 0.6) is 5.75 Å². The van der Waals surface area contributed by atoms with Gasteiger partial charge < -0.3 is 24.3 Å². The summed E-state index contributed by atoms with van der Waals surface area (Å²) in [5.74, 6) is 0.353. The van der Waals surface area contributed by atoms with Gasteiger partial charge in [0.1, 0.15) is 17.0 Å². The standard InChI is InChI=1S/C26H28BrN3O4/c1-26(25(32)28-14-20-7-5-11-34-20)16-29-22-13-19(33-2)10-9-17(22)12-23(29)24(31)30(26)15-18-6-3-4-8-21(18)27/h3-4,6,8-10,12-13,20H,5,7,11,14-16H2,1-2H3,(H,28,32)/t20-,26-/m1/s1. The number of nitrogens with one attached hydrogen (secondary N) is 1. The Labute approximate surface area is 207 Å². The third kappa shape index (κ3) is 3.99. The first-order valence-electron chi connectivity index (χ1n) is 11.5. The Bertz CT molecular complexity index is 1250. The SMILES string of the molecule is COc1ccc2cc3n(c2c1)C[C@](C)(C(=O)NC[C@H]1CCCO1)N(Cc1ccccc1Br)C3=O. The normalized spacial score (nSPS) is 22.1. The minimum Gasteiger partial charge on any atom is -0.497 e. The summed E-state index contributed by atoms with van der Waals surface area (Å²) in [4.78, 5) is 29.3. The van der Waals surface area contributed by atoms with E-state index in [1.807, 2.05) is 60.0 Å². The highest BCUT2D eigenvalue weighted by Crippen LogP contribution is 2.35. The molecule has 0 aliphatic carbocycles. The van der Waals surface area contributed by atoms with Gasteiger partial charge in [0.05, 0.1) is 25.3 Å². The molecule has 0 spiro atoms. The first-order valence-corrected chi connectivity index (χ1v) is 12.3. The van der Waals surface area contributed by atoms with Crippen molar-refractivity contribution in [1.82, 2.24) is 14.8 Å². The lowest BCUT2D eigenvalue weighted by molar-refractivity contribution is -0.133. The molecule has 1 N–H and O–H groups in total. The molecule has 0 unspecified atom stereocenters. The smallest absolute Gasteiger partial charge is 0.271 e. The van der Waals surface area contributed by atoms with E-state index >= 15 is 0 Å². The van der Waals surface area contributed by atoms with Crippen molar-refractivity contribution in [2.24, 2.45) is 0 Å². The average Bonchev–Trinajstić information content (AvgIpc) is 3.49. The molecule has 0 radical (unpaired) electrons. The van der Waals surface area contributed by atoms with E-state index in [1.165, 1.54) is 0 Å². The van der Waals surface area contributed by atoms with Gasteiger partial charge in [0, 0.05) is 35.6 Å². The molecule has 2 aliphatic rings. The Kier molecular flexibility index (Phi) is 6.12. The number of carbonyl (C=O) groups is 2. The fraction of sp³-hybridized carbons (Fsp3) is 0.385. The van der Waals surface area contributed by atoms with E-state index in [4.69, 9.17) is 9.47 Å². The van der Waals surface area contributed by atoms with Gasteiger partial charge in [0.25, 0.3) is 5.91 Å². The zero-order valence-corrected chi connectivity index (χ0v) is 20.9. The van der Waals surface area contributed by atoms with Gasteiger partial charge in [-0.2, -0.15) is 0 Å². The van der Waals surface area contributed by atoms with Crippen LogP contribution in [0.15, 0.2) is 53.0 Å². The minimum atomic E-state index is -1.09. The monoisotopic (exact) mass is 525 g/mol. The number of hydrogen-bond acceptors (Lipinski definition) is 4. The first kappa shape index (κ1) is 22.9. The molecule has 1 aromatic heterocycles. The van der Waals surface area contributed by atoms with Crippen molar-refractivity contribution in [3.63, 3.8) is 0 Å². The van der Waals surface area contributed by atoms with Crippen LogP contribution >= 0.6 is 15.9 Å². The number of ether oxygens (including phenoxy) is 2. The van der Waals surface area contributed by atoms with Crippen molar-refractivity contribution < 1.29 is 19.1 Å². The van der Waals surface area contributed by atoms with Crippen molar-refractivity contribution in [1.29, 1.82) is 0 Å². The molecular weight excluding hydrogens is 498 g/mol. The Morgan fingerprint density at radius 1 is 1.26 bits per heavy atom. The van der Waals surface area contributed by atoms with Crippen molar-refractivity contribution >= 4 is 38.6 Å². The summed E-state index contributed by atoms with van der Waals surface area (Å²) in [6, 6.07) is 15.4. The van der Waals surface area contributed by atoms with Crippen LogP contribution < -0.4 is 10.1 Å². The fourth-order valence-corrected chi connectivity index (χ4v) is 5.31. The molecule has 34 heavy (non-hydrogen) atoms. The number of carbonyl (C=O) groups excluding carboxylic acids is 2. The molecule has 8 heteroatoms. The maximum atomic E-state index is 13.9. The molecule has 178 valence electrons. The van der Waals surface area contributed by atoms with Gasteiger partial charge in [-0.05, 0) is 49.6 Å². The Hall–Kier alpha value is -2.84. The number of amides is 2. The highest BCUT2D eigenvalue weighted by Gasteiger charge is 2.48. The van der Waals surface area contributed by atoms with E-state index in [0.29, 0.717) is 31.1 Å². The number of benzene rings is 2. The molecule has 3 heterocycles. The number of nitrogens with zero attached hydrogens (tertiary/aromatic N) is 2. The summed E-state index contributed by atoms with van der Waals surface area (Å²) in [6.07, 6.45) is 1.96. The van der Waals surface area contributed by atoms with Crippen LogP contribution in [0, 0.1) is 0 Å². The second-order valence-electron chi connectivity index (χ2n) is 9.14. The second-order valence-corrected chi connectivity index (χ2v) is 10.00. The van der Waals surface area contributed by atoms with Crippen LogP contribution in [0.4, 0.5) is 0 Å². The molecule has 1 fully saturated rings. The molecule has 3 aromatic rings. The number of hydrogen-bond donors (Lipinski definition) is 1.